The topological polar surface area (TPSA) is 27.7 Å². The second kappa shape index (κ2) is 7.34. The van der Waals surface area contributed by atoms with Gasteiger partial charge in [0.15, 0.2) is 0 Å². The summed E-state index contributed by atoms with van der Waals surface area (Å²) in [5.41, 5.74) is 0. The molecule has 4 heteroatoms. The molecule has 0 fully saturated rings. The summed E-state index contributed by atoms with van der Waals surface area (Å²) in [5, 5.41) is 2.37. The van der Waals surface area contributed by atoms with Gasteiger partial charge in [-0.25, -0.2) is 0 Å². The minimum atomic E-state index is -3.43. The van der Waals surface area contributed by atoms with Crippen LogP contribution in [0.5, 0.6) is 0 Å². The van der Waals surface area contributed by atoms with Gasteiger partial charge in [-0.2, -0.15) is 0 Å². The van der Waals surface area contributed by atoms with Gasteiger partial charge in [0.1, 0.15) is 0 Å². The molecule has 2 rings (SSSR count). The molecule has 0 N–H and O–H groups in total. The van der Waals surface area contributed by atoms with Crippen molar-refractivity contribution in [2.24, 2.45) is 0 Å². The molecule has 0 unspecified atom stereocenters. The van der Waals surface area contributed by atoms with Gasteiger partial charge in [-0.3, -0.25) is 0 Å². The number of hydrogen-bond donors (Lipinski definition) is 0. The summed E-state index contributed by atoms with van der Waals surface area (Å²) in [6, 6.07) is 14.6. The van der Waals surface area contributed by atoms with E-state index in [9.17, 15) is 0 Å². The van der Waals surface area contributed by atoms with Gasteiger partial charge in [0.2, 0.25) is 0 Å². The minimum absolute atomic E-state index is 0.600. The van der Waals surface area contributed by atoms with Gasteiger partial charge in [0, 0.05) is 0 Å². The molecular formula is C16H22O3Ti. The van der Waals surface area contributed by atoms with E-state index in [-0.39, 0.29) is 0 Å². The fraction of sp³-hybridized carbons (Fsp3) is 0.375. The predicted molar refractivity (Wildman–Crippen MR) is 78.5 cm³/mol. The van der Waals surface area contributed by atoms with Crippen LogP contribution in [0.4, 0.5) is 0 Å². The molecule has 0 bridgehead atoms. The number of benzene rings is 2. The maximum atomic E-state index is 6.05. The standard InChI is InChI=1S/C10H7.3C2H5O.Ti/c1-2-6-10-8-4-3-7-9(10)5-1;3*1-2-3;/h1-7H;3*2H2,1H3;/q;3*-1;+3. The van der Waals surface area contributed by atoms with E-state index in [1.54, 1.807) is 0 Å². The molecule has 20 heavy (non-hydrogen) atoms. The monoisotopic (exact) mass is 310 g/mol. The Morgan fingerprint density at radius 2 is 1.30 bits per heavy atom. The molecule has 0 saturated heterocycles. The van der Waals surface area contributed by atoms with Crippen LogP contribution in [-0.4, -0.2) is 19.8 Å². The van der Waals surface area contributed by atoms with E-state index in [4.69, 9.17) is 9.96 Å². The second-order valence-corrected chi connectivity index (χ2v) is 8.31. The molecule has 0 saturated carbocycles. The van der Waals surface area contributed by atoms with Crippen LogP contribution in [0.3, 0.4) is 0 Å². The van der Waals surface area contributed by atoms with Gasteiger partial charge in [-0.05, 0) is 0 Å². The molecule has 0 atom stereocenters. The van der Waals surface area contributed by atoms with Gasteiger partial charge < -0.3 is 0 Å². The maximum absolute atomic E-state index is 6.05. The van der Waals surface area contributed by atoms with Gasteiger partial charge in [-0.1, -0.05) is 0 Å². The molecule has 2 aromatic rings. The molecule has 108 valence electrons. The van der Waals surface area contributed by atoms with Crippen molar-refractivity contribution in [3.05, 3.63) is 42.5 Å². The zero-order chi connectivity index (χ0) is 14.4. The molecule has 0 amide bonds. The van der Waals surface area contributed by atoms with Crippen LogP contribution in [0.2, 0.25) is 0 Å². The third-order valence-corrected chi connectivity index (χ3v) is 7.97. The Morgan fingerprint density at radius 3 is 1.90 bits per heavy atom. The Morgan fingerprint density at radius 1 is 0.750 bits per heavy atom. The molecular weight excluding hydrogens is 288 g/mol. The third kappa shape index (κ3) is 3.13. The summed E-state index contributed by atoms with van der Waals surface area (Å²) < 4.78 is 19.2. The van der Waals surface area contributed by atoms with Crippen molar-refractivity contribution in [3.63, 3.8) is 0 Å². The summed E-state index contributed by atoms with van der Waals surface area (Å²) in [7, 11) is 0. The fourth-order valence-electron chi connectivity index (χ4n) is 2.42. The van der Waals surface area contributed by atoms with Crippen LogP contribution in [-0.2, 0) is 27.7 Å². The number of hydrogen-bond acceptors (Lipinski definition) is 3. The van der Waals surface area contributed by atoms with Crippen molar-refractivity contribution in [2.75, 3.05) is 19.8 Å². The summed E-state index contributed by atoms with van der Waals surface area (Å²) in [5.74, 6) is 0. The summed E-state index contributed by atoms with van der Waals surface area (Å²) in [6.07, 6.45) is 0. The first-order valence-electron chi connectivity index (χ1n) is 7.17. The van der Waals surface area contributed by atoms with Gasteiger partial charge in [-0.15, -0.1) is 0 Å². The first kappa shape index (κ1) is 15.7. The average Bonchev–Trinajstić information content (AvgIpc) is 2.47. The summed E-state index contributed by atoms with van der Waals surface area (Å²) in [6.45, 7) is 7.77. The second-order valence-electron chi connectivity index (χ2n) is 4.38. The molecule has 3 nitrogen and oxygen atoms in total. The van der Waals surface area contributed by atoms with E-state index in [0.29, 0.717) is 19.8 Å². The van der Waals surface area contributed by atoms with Crippen molar-refractivity contribution < 1.29 is 27.7 Å². The van der Waals surface area contributed by atoms with Gasteiger partial charge in [0.05, 0.1) is 0 Å². The van der Waals surface area contributed by atoms with Gasteiger partial charge >= 0.3 is 125 Å². The number of fused-ring (bicyclic) bond motifs is 1. The molecule has 0 radical (unpaired) electrons. The Kier molecular flexibility index (Phi) is 5.76. The van der Waals surface area contributed by atoms with Crippen LogP contribution in [0.15, 0.2) is 42.5 Å². The summed E-state index contributed by atoms with van der Waals surface area (Å²) in [4.78, 5) is 0. The van der Waals surface area contributed by atoms with E-state index < -0.39 is 17.8 Å². The van der Waals surface area contributed by atoms with Crippen molar-refractivity contribution in [3.8, 4) is 0 Å². The molecule has 2 aromatic carbocycles. The van der Waals surface area contributed by atoms with Crippen molar-refractivity contribution in [1.29, 1.82) is 0 Å². The zero-order valence-corrected chi connectivity index (χ0v) is 13.9. The first-order chi connectivity index (χ1) is 9.77. The normalized spacial score (nSPS) is 11.9. The Labute approximate surface area is 125 Å². The van der Waals surface area contributed by atoms with E-state index in [2.05, 4.69) is 30.3 Å². The fourth-order valence-corrected chi connectivity index (χ4v) is 6.66. The average molecular weight is 310 g/mol. The van der Waals surface area contributed by atoms with E-state index in [1.165, 1.54) is 10.8 Å². The Balaban J connectivity index is 2.60. The van der Waals surface area contributed by atoms with E-state index in [0.717, 1.165) is 3.87 Å². The molecule has 0 heterocycles. The van der Waals surface area contributed by atoms with Crippen LogP contribution in [0.25, 0.3) is 10.8 Å². The van der Waals surface area contributed by atoms with Crippen molar-refractivity contribution in [1.82, 2.24) is 0 Å². The van der Waals surface area contributed by atoms with Crippen LogP contribution >= 0.6 is 0 Å². The predicted octanol–water partition coefficient (Wildman–Crippen LogP) is 3.47. The molecule has 0 aliphatic rings. The first-order valence-corrected chi connectivity index (χ1v) is 9.86. The van der Waals surface area contributed by atoms with Crippen LogP contribution < -0.4 is 3.87 Å². The Hall–Kier alpha value is -0.706. The van der Waals surface area contributed by atoms with Crippen LogP contribution in [0, 0.1) is 0 Å². The van der Waals surface area contributed by atoms with E-state index in [1.807, 2.05) is 32.9 Å². The zero-order valence-electron chi connectivity index (χ0n) is 12.4. The number of rotatable bonds is 7. The Bertz CT molecular complexity index is 534. The quantitative estimate of drug-likeness (QED) is 0.733. The van der Waals surface area contributed by atoms with E-state index >= 15 is 0 Å². The van der Waals surface area contributed by atoms with Crippen LogP contribution in [0.1, 0.15) is 20.8 Å². The van der Waals surface area contributed by atoms with Crippen molar-refractivity contribution in [2.45, 2.75) is 20.8 Å². The molecule has 0 spiro atoms. The summed E-state index contributed by atoms with van der Waals surface area (Å²) >= 11 is -3.43. The third-order valence-electron chi connectivity index (χ3n) is 3.12. The van der Waals surface area contributed by atoms with Gasteiger partial charge in [0.25, 0.3) is 0 Å². The SMILES string of the molecule is CC[O][Ti]([O]CC)([O]CC)[c]1cccc2ccccc12. The molecule has 0 aliphatic carbocycles. The molecule has 0 aromatic heterocycles. The molecule has 0 aliphatic heterocycles. The van der Waals surface area contributed by atoms with Crippen molar-refractivity contribution >= 4 is 14.6 Å².